The van der Waals surface area contributed by atoms with E-state index in [-0.39, 0.29) is 0 Å². The van der Waals surface area contributed by atoms with Crippen LogP contribution >= 0.6 is 0 Å². The van der Waals surface area contributed by atoms with Crippen LogP contribution in [0, 0.1) is 13.8 Å². The molecule has 0 aliphatic carbocycles. The van der Waals surface area contributed by atoms with Gasteiger partial charge in [0.05, 0.1) is 17.6 Å². The maximum atomic E-state index is 4.56. The lowest BCUT2D eigenvalue weighted by atomic mass is 10.2. The van der Waals surface area contributed by atoms with Gasteiger partial charge in [0, 0.05) is 18.4 Å². The molecule has 0 saturated carbocycles. The third-order valence-corrected chi connectivity index (χ3v) is 4.75. The molecule has 130 valence electrons. The topological polar surface area (TPSA) is 55.6 Å². The van der Waals surface area contributed by atoms with E-state index in [1.54, 1.807) is 6.33 Å². The van der Waals surface area contributed by atoms with Crippen molar-refractivity contribution in [1.82, 2.24) is 19.5 Å². The first kappa shape index (κ1) is 16.3. The Kier molecular flexibility index (Phi) is 4.35. The van der Waals surface area contributed by atoms with E-state index in [1.807, 2.05) is 42.6 Å². The van der Waals surface area contributed by atoms with Gasteiger partial charge in [0.1, 0.15) is 17.8 Å². The van der Waals surface area contributed by atoms with E-state index in [0.717, 1.165) is 29.1 Å². The largest absolute Gasteiger partial charge is 0.365 e. The van der Waals surface area contributed by atoms with Crippen LogP contribution < -0.4 is 5.32 Å². The number of hydrogen-bond donors (Lipinski definition) is 1. The second kappa shape index (κ2) is 6.96. The third kappa shape index (κ3) is 3.04. The number of benzene rings is 1. The summed E-state index contributed by atoms with van der Waals surface area (Å²) < 4.78 is 2.21. The molecule has 4 aromatic rings. The molecule has 0 saturated heterocycles. The minimum atomic E-state index is 0.701. The molecule has 3 aromatic heterocycles. The summed E-state index contributed by atoms with van der Waals surface area (Å²) in [7, 11) is 0. The Labute approximate surface area is 152 Å². The van der Waals surface area contributed by atoms with Gasteiger partial charge in [-0.1, -0.05) is 36.4 Å². The highest BCUT2D eigenvalue weighted by Crippen LogP contribution is 2.29. The van der Waals surface area contributed by atoms with Crippen LogP contribution in [0.25, 0.3) is 11.0 Å². The van der Waals surface area contributed by atoms with E-state index in [9.17, 15) is 0 Å². The van der Waals surface area contributed by atoms with Gasteiger partial charge in [0.2, 0.25) is 0 Å². The van der Waals surface area contributed by atoms with Gasteiger partial charge in [0.15, 0.2) is 0 Å². The standard InChI is InChI=1S/C21H21N5/c1-15-16(2)26(13-18-10-6-7-11-22-18)21-19(15)20(24-14-25-21)23-12-17-8-4-3-5-9-17/h3-11,14H,12-13H2,1-2H3,(H,23,24,25). The SMILES string of the molecule is Cc1c(C)n(Cc2ccccn2)c2ncnc(NCc3ccccc3)c12. The van der Waals surface area contributed by atoms with Crippen molar-refractivity contribution in [3.63, 3.8) is 0 Å². The van der Waals surface area contributed by atoms with Crippen molar-refractivity contribution in [2.45, 2.75) is 26.9 Å². The number of hydrogen-bond acceptors (Lipinski definition) is 4. The van der Waals surface area contributed by atoms with Crippen LogP contribution in [0.15, 0.2) is 61.1 Å². The third-order valence-electron chi connectivity index (χ3n) is 4.75. The lowest BCUT2D eigenvalue weighted by Gasteiger charge is -2.09. The van der Waals surface area contributed by atoms with Crippen LogP contribution in [0.1, 0.15) is 22.5 Å². The molecule has 0 amide bonds. The van der Waals surface area contributed by atoms with Crippen molar-refractivity contribution in [2.75, 3.05) is 5.32 Å². The quantitative estimate of drug-likeness (QED) is 0.593. The second-order valence-electron chi connectivity index (χ2n) is 6.38. The maximum absolute atomic E-state index is 4.56. The van der Waals surface area contributed by atoms with Gasteiger partial charge in [-0.05, 0) is 37.1 Å². The summed E-state index contributed by atoms with van der Waals surface area (Å²) in [5.74, 6) is 0.874. The maximum Gasteiger partial charge on any atom is 0.146 e. The molecule has 3 heterocycles. The molecule has 1 aromatic carbocycles. The number of nitrogens with one attached hydrogen (secondary N) is 1. The molecule has 0 fully saturated rings. The van der Waals surface area contributed by atoms with Crippen molar-refractivity contribution in [3.05, 3.63) is 83.6 Å². The first-order valence-electron chi connectivity index (χ1n) is 8.72. The molecule has 5 heteroatoms. The molecular formula is C21H21N5. The van der Waals surface area contributed by atoms with Gasteiger partial charge < -0.3 is 9.88 Å². The highest BCUT2D eigenvalue weighted by molar-refractivity contribution is 5.91. The molecule has 0 unspecified atom stereocenters. The fourth-order valence-electron chi connectivity index (χ4n) is 3.23. The molecule has 0 spiro atoms. The van der Waals surface area contributed by atoms with Crippen molar-refractivity contribution in [3.8, 4) is 0 Å². The molecule has 26 heavy (non-hydrogen) atoms. The first-order valence-corrected chi connectivity index (χ1v) is 8.72. The summed E-state index contributed by atoms with van der Waals surface area (Å²) in [6.07, 6.45) is 3.45. The van der Waals surface area contributed by atoms with Crippen LogP contribution in [-0.4, -0.2) is 19.5 Å². The van der Waals surface area contributed by atoms with Crippen LogP contribution in [0.4, 0.5) is 5.82 Å². The minimum absolute atomic E-state index is 0.701. The molecule has 1 N–H and O–H groups in total. The molecule has 5 nitrogen and oxygen atoms in total. The number of anilines is 1. The van der Waals surface area contributed by atoms with Crippen LogP contribution in [0.5, 0.6) is 0 Å². The van der Waals surface area contributed by atoms with Crippen molar-refractivity contribution < 1.29 is 0 Å². The number of rotatable bonds is 5. The summed E-state index contributed by atoms with van der Waals surface area (Å²) in [4.78, 5) is 13.5. The molecule has 4 rings (SSSR count). The molecule has 0 aliphatic rings. The number of aromatic nitrogens is 4. The Morgan fingerprint density at radius 3 is 2.50 bits per heavy atom. The average Bonchev–Trinajstić information content (AvgIpc) is 2.93. The normalized spacial score (nSPS) is 11.0. The van der Waals surface area contributed by atoms with Gasteiger partial charge >= 0.3 is 0 Å². The summed E-state index contributed by atoms with van der Waals surface area (Å²) in [6, 6.07) is 16.3. The van der Waals surface area contributed by atoms with E-state index in [4.69, 9.17) is 0 Å². The van der Waals surface area contributed by atoms with Crippen LogP contribution in [-0.2, 0) is 13.1 Å². The van der Waals surface area contributed by atoms with Crippen LogP contribution in [0.2, 0.25) is 0 Å². The number of pyridine rings is 1. The highest BCUT2D eigenvalue weighted by atomic mass is 15.1. The zero-order chi connectivity index (χ0) is 17.9. The summed E-state index contributed by atoms with van der Waals surface area (Å²) in [5, 5.41) is 4.55. The van der Waals surface area contributed by atoms with Crippen molar-refractivity contribution in [2.24, 2.45) is 0 Å². The summed E-state index contributed by atoms with van der Waals surface area (Å²) >= 11 is 0. The van der Waals surface area contributed by atoms with Gasteiger partial charge in [-0.3, -0.25) is 4.98 Å². The number of aryl methyl sites for hydroxylation is 1. The lowest BCUT2D eigenvalue weighted by Crippen LogP contribution is -2.05. The lowest BCUT2D eigenvalue weighted by molar-refractivity contribution is 0.767. The minimum Gasteiger partial charge on any atom is -0.365 e. The highest BCUT2D eigenvalue weighted by Gasteiger charge is 2.16. The van der Waals surface area contributed by atoms with E-state index in [1.165, 1.54) is 16.8 Å². The fourth-order valence-corrected chi connectivity index (χ4v) is 3.23. The Hall–Kier alpha value is -3.21. The van der Waals surface area contributed by atoms with Crippen molar-refractivity contribution >= 4 is 16.9 Å². The average molecular weight is 343 g/mol. The van der Waals surface area contributed by atoms with Gasteiger partial charge in [-0.2, -0.15) is 0 Å². The molecule has 0 radical (unpaired) electrons. The fraction of sp³-hybridized carbons (Fsp3) is 0.190. The van der Waals surface area contributed by atoms with Crippen LogP contribution in [0.3, 0.4) is 0 Å². The van der Waals surface area contributed by atoms with E-state index >= 15 is 0 Å². The van der Waals surface area contributed by atoms with Gasteiger partial charge in [-0.15, -0.1) is 0 Å². The molecule has 0 aliphatic heterocycles. The second-order valence-corrected chi connectivity index (χ2v) is 6.38. The predicted molar refractivity (Wildman–Crippen MR) is 104 cm³/mol. The van der Waals surface area contributed by atoms with Gasteiger partial charge in [0.25, 0.3) is 0 Å². The van der Waals surface area contributed by atoms with E-state index in [0.29, 0.717) is 6.54 Å². The van der Waals surface area contributed by atoms with E-state index < -0.39 is 0 Å². The summed E-state index contributed by atoms with van der Waals surface area (Å²) in [6.45, 7) is 5.69. The van der Waals surface area contributed by atoms with E-state index in [2.05, 4.69) is 50.8 Å². The molecule has 0 atom stereocenters. The zero-order valence-electron chi connectivity index (χ0n) is 15.0. The Bertz CT molecular complexity index is 1020. The van der Waals surface area contributed by atoms with Gasteiger partial charge in [-0.25, -0.2) is 9.97 Å². The number of fused-ring (bicyclic) bond motifs is 1. The smallest absolute Gasteiger partial charge is 0.146 e. The zero-order valence-corrected chi connectivity index (χ0v) is 15.0. The predicted octanol–water partition coefficient (Wildman–Crippen LogP) is 4.10. The Morgan fingerprint density at radius 2 is 1.73 bits per heavy atom. The molecular weight excluding hydrogens is 322 g/mol. The monoisotopic (exact) mass is 343 g/mol. The first-order chi connectivity index (χ1) is 12.7. The molecule has 0 bridgehead atoms. The Balaban J connectivity index is 1.71. The number of nitrogens with zero attached hydrogens (tertiary/aromatic N) is 4. The summed E-state index contributed by atoms with van der Waals surface area (Å²) in [5.41, 5.74) is 5.57. The van der Waals surface area contributed by atoms with Crippen molar-refractivity contribution in [1.29, 1.82) is 0 Å². The Morgan fingerprint density at radius 1 is 0.923 bits per heavy atom.